The Hall–Kier alpha value is -4.17. The number of rotatable bonds is 7. The van der Waals surface area contributed by atoms with E-state index in [0.717, 1.165) is 11.1 Å². The summed E-state index contributed by atoms with van der Waals surface area (Å²) in [6, 6.07) is 20.4. The van der Waals surface area contributed by atoms with Crippen LogP contribution in [0.4, 0.5) is 0 Å². The minimum atomic E-state index is -3.69. The molecule has 1 amide bonds. The van der Waals surface area contributed by atoms with E-state index in [-0.39, 0.29) is 38.5 Å². The summed E-state index contributed by atoms with van der Waals surface area (Å²) in [6.45, 7) is 7.32. The van der Waals surface area contributed by atoms with Crippen molar-refractivity contribution in [3.8, 4) is 5.75 Å². The predicted molar refractivity (Wildman–Crippen MR) is 162 cm³/mol. The molecular formula is C34H35NO6S. The summed E-state index contributed by atoms with van der Waals surface area (Å²) >= 11 is 0. The lowest BCUT2D eigenvalue weighted by molar-refractivity contribution is 0.0675. The topological polar surface area (TPSA) is 101 Å². The standard InChI is InChI=1S/C34H35NO6S/c1-33(2)28(24-10-12-25(13-11-24)32(37)38)16-18-34(3)22-35(19-17-30(33)34)31(36)27-20-26(14-15-29(27)41-4)42(39,40)21-23-8-6-5-7-9-23/h5-17,20H,18-19,21-22H2,1-4H3,(H,37,38)/t34-/m1/s1. The maximum atomic E-state index is 13.9. The van der Waals surface area contributed by atoms with Gasteiger partial charge in [-0.25, -0.2) is 13.2 Å². The van der Waals surface area contributed by atoms with Gasteiger partial charge < -0.3 is 14.7 Å². The zero-order valence-electron chi connectivity index (χ0n) is 24.3. The largest absolute Gasteiger partial charge is 0.496 e. The number of hydrogen-bond donors (Lipinski definition) is 1. The van der Waals surface area contributed by atoms with Gasteiger partial charge in [0.2, 0.25) is 0 Å². The Morgan fingerprint density at radius 2 is 1.64 bits per heavy atom. The Kier molecular flexibility index (Phi) is 7.62. The van der Waals surface area contributed by atoms with Crippen LogP contribution in [0.2, 0.25) is 0 Å². The Bertz CT molecular complexity index is 1700. The Morgan fingerprint density at radius 3 is 2.29 bits per heavy atom. The summed E-state index contributed by atoms with van der Waals surface area (Å²) in [6.07, 6.45) is 5.01. The first-order chi connectivity index (χ1) is 19.9. The molecule has 0 saturated carbocycles. The third kappa shape index (κ3) is 5.39. The highest BCUT2D eigenvalue weighted by atomic mass is 32.2. The Morgan fingerprint density at radius 1 is 0.952 bits per heavy atom. The first kappa shape index (κ1) is 29.3. The number of sulfone groups is 1. The summed E-state index contributed by atoms with van der Waals surface area (Å²) in [4.78, 5) is 27.1. The molecule has 218 valence electrons. The zero-order chi connectivity index (χ0) is 30.3. The lowest BCUT2D eigenvalue weighted by Crippen LogP contribution is -2.48. The highest BCUT2D eigenvalue weighted by Crippen LogP contribution is 2.55. The van der Waals surface area contributed by atoms with Gasteiger partial charge in [0.1, 0.15) is 5.75 Å². The van der Waals surface area contributed by atoms with Gasteiger partial charge in [0.15, 0.2) is 9.84 Å². The van der Waals surface area contributed by atoms with E-state index in [0.29, 0.717) is 30.8 Å². The second kappa shape index (κ2) is 10.9. The number of nitrogens with zero attached hydrogens (tertiary/aromatic N) is 1. The highest BCUT2D eigenvalue weighted by molar-refractivity contribution is 7.90. The van der Waals surface area contributed by atoms with Gasteiger partial charge >= 0.3 is 5.97 Å². The number of carboxylic acids is 1. The van der Waals surface area contributed by atoms with E-state index in [2.05, 4.69) is 32.9 Å². The first-order valence-electron chi connectivity index (χ1n) is 13.9. The fourth-order valence-corrected chi connectivity index (χ4v) is 7.82. The van der Waals surface area contributed by atoms with E-state index in [4.69, 9.17) is 4.74 Å². The molecule has 42 heavy (non-hydrogen) atoms. The molecule has 3 aromatic rings. The van der Waals surface area contributed by atoms with Crippen molar-refractivity contribution in [2.75, 3.05) is 20.2 Å². The van der Waals surface area contributed by atoms with Crippen LogP contribution in [-0.2, 0) is 15.6 Å². The van der Waals surface area contributed by atoms with Crippen molar-refractivity contribution in [1.82, 2.24) is 4.90 Å². The third-order valence-corrected chi connectivity index (χ3v) is 10.2. The van der Waals surface area contributed by atoms with E-state index in [1.165, 1.54) is 24.8 Å². The van der Waals surface area contributed by atoms with Gasteiger partial charge in [-0.2, -0.15) is 0 Å². The number of carbonyl (C=O) groups is 2. The summed E-state index contributed by atoms with van der Waals surface area (Å²) in [5.41, 5.74) is 3.80. The van der Waals surface area contributed by atoms with Crippen LogP contribution in [0.5, 0.6) is 5.75 Å². The number of fused-ring (bicyclic) bond motifs is 1. The lowest BCUT2D eigenvalue weighted by Gasteiger charge is -2.50. The van der Waals surface area contributed by atoms with E-state index < -0.39 is 15.8 Å². The smallest absolute Gasteiger partial charge is 0.335 e. The molecule has 0 spiro atoms. The number of methoxy groups -OCH3 is 1. The molecule has 0 unspecified atom stereocenters. The molecule has 1 atom stereocenters. The van der Waals surface area contributed by atoms with Gasteiger partial charge in [0.05, 0.1) is 28.9 Å². The van der Waals surface area contributed by atoms with Crippen molar-refractivity contribution in [2.24, 2.45) is 10.8 Å². The number of carbonyl (C=O) groups excluding carboxylic acids is 1. The fraction of sp³-hybridized carbons (Fsp3) is 0.294. The van der Waals surface area contributed by atoms with E-state index in [9.17, 15) is 23.1 Å². The molecule has 2 aliphatic rings. The van der Waals surface area contributed by atoms with Crippen LogP contribution < -0.4 is 4.74 Å². The number of allylic oxidation sites excluding steroid dienone is 2. The average Bonchev–Trinajstić information content (AvgIpc) is 2.96. The molecule has 1 heterocycles. The van der Waals surface area contributed by atoms with Crippen LogP contribution in [-0.4, -0.2) is 50.5 Å². The quantitative estimate of drug-likeness (QED) is 0.328. The molecule has 0 radical (unpaired) electrons. The molecule has 0 fully saturated rings. The molecule has 0 bridgehead atoms. The zero-order valence-corrected chi connectivity index (χ0v) is 25.1. The summed E-state index contributed by atoms with van der Waals surface area (Å²) < 4.78 is 32.0. The Labute approximate surface area is 247 Å². The van der Waals surface area contributed by atoms with Crippen molar-refractivity contribution < 1.29 is 27.9 Å². The normalized spacial score (nSPS) is 19.8. The molecule has 1 aliphatic carbocycles. The monoisotopic (exact) mass is 585 g/mol. The molecule has 0 aromatic heterocycles. The number of hydrogen-bond acceptors (Lipinski definition) is 5. The maximum absolute atomic E-state index is 13.9. The van der Waals surface area contributed by atoms with Gasteiger partial charge in [0, 0.05) is 23.9 Å². The molecule has 1 N–H and O–H groups in total. The van der Waals surface area contributed by atoms with E-state index in [1.54, 1.807) is 47.4 Å². The van der Waals surface area contributed by atoms with E-state index in [1.807, 2.05) is 18.2 Å². The highest BCUT2D eigenvalue weighted by Gasteiger charge is 2.46. The summed E-state index contributed by atoms with van der Waals surface area (Å²) in [7, 11) is -2.22. The Balaban J connectivity index is 1.42. The summed E-state index contributed by atoms with van der Waals surface area (Å²) in [5, 5.41) is 9.28. The van der Waals surface area contributed by atoms with Gasteiger partial charge in [-0.1, -0.05) is 81.0 Å². The molecule has 8 heteroatoms. The second-order valence-electron chi connectivity index (χ2n) is 11.8. The van der Waals surface area contributed by atoms with Crippen LogP contribution in [0.3, 0.4) is 0 Å². The molecule has 7 nitrogen and oxygen atoms in total. The number of aromatic carboxylic acids is 1. The molecule has 1 aliphatic heterocycles. The van der Waals surface area contributed by atoms with Crippen molar-refractivity contribution >= 4 is 27.3 Å². The predicted octanol–water partition coefficient (Wildman–Crippen LogP) is 6.27. The molecular weight excluding hydrogens is 550 g/mol. The lowest BCUT2D eigenvalue weighted by atomic mass is 9.58. The second-order valence-corrected chi connectivity index (χ2v) is 13.8. The van der Waals surface area contributed by atoms with Crippen molar-refractivity contribution in [3.05, 3.63) is 113 Å². The number of ether oxygens (including phenoxy) is 1. The molecule has 0 saturated heterocycles. The molecule has 5 rings (SSSR count). The van der Waals surface area contributed by atoms with Crippen molar-refractivity contribution in [2.45, 2.75) is 37.8 Å². The average molecular weight is 586 g/mol. The minimum Gasteiger partial charge on any atom is -0.496 e. The number of benzene rings is 3. The maximum Gasteiger partial charge on any atom is 0.335 e. The van der Waals surface area contributed by atoms with Crippen LogP contribution in [0.15, 0.2) is 95.4 Å². The van der Waals surface area contributed by atoms with Crippen LogP contribution in [0.1, 0.15) is 59.0 Å². The van der Waals surface area contributed by atoms with Crippen LogP contribution >= 0.6 is 0 Å². The van der Waals surface area contributed by atoms with Crippen LogP contribution in [0.25, 0.3) is 5.57 Å². The molecule has 3 aromatic carbocycles. The van der Waals surface area contributed by atoms with Gasteiger partial charge in [-0.15, -0.1) is 0 Å². The SMILES string of the molecule is COc1ccc(S(=O)(=O)Cc2ccccc2)cc1C(=O)N1CC=C2C(C)(C)C(c3ccc(C(=O)O)cc3)=CC[C@]2(C)C1. The van der Waals surface area contributed by atoms with Crippen molar-refractivity contribution in [3.63, 3.8) is 0 Å². The van der Waals surface area contributed by atoms with Gasteiger partial charge in [-0.05, 0) is 53.5 Å². The van der Waals surface area contributed by atoms with Crippen molar-refractivity contribution in [1.29, 1.82) is 0 Å². The summed E-state index contributed by atoms with van der Waals surface area (Å²) in [5.74, 6) is -1.07. The van der Waals surface area contributed by atoms with Gasteiger partial charge in [0.25, 0.3) is 5.91 Å². The number of amides is 1. The van der Waals surface area contributed by atoms with E-state index >= 15 is 0 Å². The van der Waals surface area contributed by atoms with Gasteiger partial charge in [-0.3, -0.25) is 4.79 Å². The fourth-order valence-electron chi connectivity index (χ4n) is 6.45. The van der Waals surface area contributed by atoms with Crippen LogP contribution in [0, 0.1) is 10.8 Å². The number of carboxylic acid groups (broad SMARTS) is 1. The third-order valence-electron chi connectivity index (χ3n) is 8.50. The minimum absolute atomic E-state index is 0.0789. The first-order valence-corrected chi connectivity index (χ1v) is 15.5.